The number of hydrogen-bond donors (Lipinski definition) is 1. The van der Waals surface area contributed by atoms with E-state index in [1.54, 1.807) is 0 Å². The van der Waals surface area contributed by atoms with E-state index in [2.05, 4.69) is 15.1 Å². The summed E-state index contributed by atoms with van der Waals surface area (Å²) < 4.78 is 41.3. The number of pyridine rings is 1. The number of aromatic nitrogens is 4. The molecule has 0 aliphatic heterocycles. The Hall–Kier alpha value is -2.46. The fourth-order valence-corrected chi connectivity index (χ4v) is 3.94. The molecule has 0 bridgehead atoms. The summed E-state index contributed by atoms with van der Waals surface area (Å²) in [6.45, 7) is 1.81. The van der Waals surface area contributed by atoms with Gasteiger partial charge in [0.25, 0.3) is 0 Å². The Labute approximate surface area is 178 Å². The van der Waals surface area contributed by atoms with Crippen LogP contribution in [0.1, 0.15) is 16.3 Å². The number of aromatic amines is 1. The van der Waals surface area contributed by atoms with Crippen molar-refractivity contribution in [2.75, 3.05) is 0 Å². The van der Waals surface area contributed by atoms with Crippen molar-refractivity contribution in [1.82, 2.24) is 19.7 Å². The van der Waals surface area contributed by atoms with E-state index in [-0.39, 0.29) is 33.7 Å². The summed E-state index contributed by atoms with van der Waals surface area (Å²) in [6.07, 6.45) is -4.13. The maximum atomic E-state index is 13.3. The molecule has 3 heterocycles. The molecule has 0 amide bonds. The standard InChI is InChI=1S/C19H15F3N4OS.BrH/c1-11-17-13(19(20,21)22)9-15(27)24-18(17)26(25-11)8-7-16-23-14(10-28-16)12-5-3-2-4-6-12;/h2-6,9-10H,7-8H2,1H3,(H,24,27);1H. The molecule has 1 aromatic carbocycles. The van der Waals surface area contributed by atoms with Gasteiger partial charge in [-0.2, -0.15) is 18.3 Å². The van der Waals surface area contributed by atoms with E-state index >= 15 is 0 Å². The minimum Gasteiger partial charge on any atom is -0.307 e. The second-order valence-corrected chi connectivity index (χ2v) is 7.26. The van der Waals surface area contributed by atoms with Gasteiger partial charge >= 0.3 is 6.18 Å². The molecule has 0 atom stereocenters. The lowest BCUT2D eigenvalue weighted by Crippen LogP contribution is -2.15. The third kappa shape index (κ3) is 4.27. The molecule has 3 aromatic heterocycles. The van der Waals surface area contributed by atoms with Gasteiger partial charge in [0.2, 0.25) is 5.56 Å². The van der Waals surface area contributed by atoms with E-state index < -0.39 is 17.3 Å². The normalized spacial score (nSPS) is 11.6. The Morgan fingerprint density at radius 1 is 1.21 bits per heavy atom. The molecule has 29 heavy (non-hydrogen) atoms. The summed E-state index contributed by atoms with van der Waals surface area (Å²) in [4.78, 5) is 18.8. The molecule has 0 radical (unpaired) electrons. The van der Waals surface area contributed by atoms with E-state index in [1.807, 2.05) is 35.7 Å². The predicted molar refractivity (Wildman–Crippen MR) is 112 cm³/mol. The second kappa shape index (κ2) is 8.11. The molecule has 4 aromatic rings. The van der Waals surface area contributed by atoms with Crippen molar-refractivity contribution in [2.24, 2.45) is 0 Å². The largest absolute Gasteiger partial charge is 0.417 e. The van der Waals surface area contributed by atoms with Crippen molar-refractivity contribution in [1.29, 1.82) is 0 Å². The quantitative estimate of drug-likeness (QED) is 0.443. The van der Waals surface area contributed by atoms with E-state index in [9.17, 15) is 18.0 Å². The predicted octanol–water partition coefficient (Wildman–Crippen LogP) is 5.00. The summed E-state index contributed by atoms with van der Waals surface area (Å²) in [5, 5.41) is 6.92. The van der Waals surface area contributed by atoms with Gasteiger partial charge in [0.1, 0.15) is 5.65 Å². The fourth-order valence-electron chi connectivity index (χ4n) is 3.14. The number of rotatable bonds is 4. The van der Waals surface area contributed by atoms with Gasteiger partial charge in [0.05, 0.1) is 27.3 Å². The molecule has 0 aliphatic carbocycles. The first-order valence-corrected chi connectivity index (χ1v) is 9.38. The molecule has 0 unspecified atom stereocenters. The van der Waals surface area contributed by atoms with Crippen LogP contribution in [0.5, 0.6) is 0 Å². The smallest absolute Gasteiger partial charge is 0.307 e. The van der Waals surface area contributed by atoms with Crippen molar-refractivity contribution in [3.8, 4) is 11.3 Å². The summed E-state index contributed by atoms with van der Waals surface area (Å²) in [5.74, 6) is 0. The first-order valence-electron chi connectivity index (χ1n) is 8.50. The summed E-state index contributed by atoms with van der Waals surface area (Å²) in [5.41, 5.74) is 0.399. The molecule has 1 N–H and O–H groups in total. The van der Waals surface area contributed by atoms with Crippen molar-refractivity contribution < 1.29 is 13.2 Å². The van der Waals surface area contributed by atoms with Crippen molar-refractivity contribution in [3.05, 3.63) is 68.4 Å². The van der Waals surface area contributed by atoms with Gasteiger partial charge in [0.15, 0.2) is 0 Å². The van der Waals surface area contributed by atoms with Crippen LogP contribution in [0.3, 0.4) is 0 Å². The van der Waals surface area contributed by atoms with E-state index in [0.717, 1.165) is 16.3 Å². The van der Waals surface area contributed by atoms with Crippen LogP contribution >= 0.6 is 28.3 Å². The van der Waals surface area contributed by atoms with Gasteiger partial charge < -0.3 is 4.98 Å². The zero-order valence-corrected chi connectivity index (χ0v) is 17.7. The zero-order valence-electron chi connectivity index (χ0n) is 15.2. The molecule has 4 rings (SSSR count). The summed E-state index contributed by atoms with van der Waals surface area (Å²) in [7, 11) is 0. The van der Waals surface area contributed by atoms with Gasteiger partial charge in [-0.15, -0.1) is 28.3 Å². The van der Waals surface area contributed by atoms with Crippen molar-refractivity contribution in [2.45, 2.75) is 26.1 Å². The number of benzene rings is 1. The molecule has 152 valence electrons. The minimum absolute atomic E-state index is 0. The van der Waals surface area contributed by atoms with Crippen LogP contribution in [-0.4, -0.2) is 19.7 Å². The van der Waals surface area contributed by atoms with Gasteiger partial charge in [-0.05, 0) is 6.92 Å². The lowest BCUT2D eigenvalue weighted by Gasteiger charge is -2.08. The number of H-pyrrole nitrogens is 1. The van der Waals surface area contributed by atoms with Gasteiger partial charge in [0, 0.05) is 30.0 Å². The van der Waals surface area contributed by atoms with Crippen molar-refractivity contribution in [3.63, 3.8) is 0 Å². The number of alkyl halides is 3. The third-order valence-electron chi connectivity index (χ3n) is 4.38. The Morgan fingerprint density at radius 3 is 2.62 bits per heavy atom. The minimum atomic E-state index is -4.62. The first-order chi connectivity index (χ1) is 13.3. The molecule has 10 heteroatoms. The van der Waals surface area contributed by atoms with E-state index in [0.29, 0.717) is 19.0 Å². The summed E-state index contributed by atoms with van der Waals surface area (Å²) in [6, 6.07) is 10.3. The molecule has 0 aliphatic rings. The number of nitrogens with zero attached hydrogens (tertiary/aromatic N) is 3. The Morgan fingerprint density at radius 2 is 1.93 bits per heavy atom. The number of hydrogen-bond acceptors (Lipinski definition) is 4. The third-order valence-corrected chi connectivity index (χ3v) is 5.29. The molecule has 0 spiro atoms. The average molecular weight is 485 g/mol. The SMILES string of the molecule is Br.Cc1nn(CCc2nc(-c3ccccc3)cs2)c2[nH]c(=O)cc(C(F)(F)F)c12. The topological polar surface area (TPSA) is 63.6 Å². The van der Waals surface area contributed by atoms with Crippen LogP contribution in [0.25, 0.3) is 22.3 Å². The van der Waals surface area contributed by atoms with Gasteiger partial charge in [-0.3, -0.25) is 4.79 Å². The molecular weight excluding hydrogens is 469 g/mol. The van der Waals surface area contributed by atoms with E-state index in [4.69, 9.17) is 0 Å². The highest BCUT2D eigenvalue weighted by molar-refractivity contribution is 8.93. The monoisotopic (exact) mass is 484 g/mol. The van der Waals surface area contributed by atoms with Crippen LogP contribution in [0, 0.1) is 6.92 Å². The summed E-state index contributed by atoms with van der Waals surface area (Å²) >= 11 is 1.48. The Balaban J connectivity index is 0.00000240. The van der Waals surface area contributed by atoms with Gasteiger partial charge in [-0.1, -0.05) is 30.3 Å². The highest BCUT2D eigenvalue weighted by Crippen LogP contribution is 2.34. The highest BCUT2D eigenvalue weighted by Gasteiger charge is 2.35. The van der Waals surface area contributed by atoms with Crippen LogP contribution < -0.4 is 5.56 Å². The zero-order chi connectivity index (χ0) is 19.9. The van der Waals surface area contributed by atoms with E-state index in [1.165, 1.54) is 22.9 Å². The molecule has 5 nitrogen and oxygen atoms in total. The lowest BCUT2D eigenvalue weighted by atomic mass is 10.1. The van der Waals surface area contributed by atoms with Crippen molar-refractivity contribution >= 4 is 39.4 Å². The Bertz CT molecular complexity index is 1200. The molecule has 0 saturated heterocycles. The Kier molecular flexibility index (Phi) is 5.95. The number of fused-ring (bicyclic) bond motifs is 1. The number of halogens is 4. The van der Waals surface area contributed by atoms with Crippen LogP contribution in [-0.2, 0) is 19.1 Å². The maximum Gasteiger partial charge on any atom is 0.417 e. The maximum absolute atomic E-state index is 13.3. The number of thiazole rings is 1. The lowest BCUT2D eigenvalue weighted by molar-refractivity contribution is -0.136. The van der Waals surface area contributed by atoms with Crippen LogP contribution in [0.4, 0.5) is 13.2 Å². The number of aryl methyl sites for hydroxylation is 3. The van der Waals surface area contributed by atoms with Crippen LogP contribution in [0.2, 0.25) is 0 Å². The van der Waals surface area contributed by atoms with Gasteiger partial charge in [-0.25, -0.2) is 9.67 Å². The average Bonchev–Trinajstić information content (AvgIpc) is 3.24. The first kappa shape index (κ1) is 21.3. The molecule has 0 saturated carbocycles. The second-order valence-electron chi connectivity index (χ2n) is 6.32. The number of nitrogens with one attached hydrogen (secondary N) is 1. The molecular formula is C19H16BrF3N4OS. The van der Waals surface area contributed by atoms with Crippen LogP contribution in [0.15, 0.2) is 46.6 Å². The highest BCUT2D eigenvalue weighted by atomic mass is 79.9. The fraction of sp³-hybridized carbons (Fsp3) is 0.211. The molecule has 0 fully saturated rings.